The Hall–Kier alpha value is -1.33. The number of hydrogen-bond acceptors (Lipinski definition) is 4. The third kappa shape index (κ3) is 3.22. The quantitative estimate of drug-likeness (QED) is 0.915. The third-order valence-electron chi connectivity index (χ3n) is 2.95. The molecule has 2 rings (SSSR count). The van der Waals surface area contributed by atoms with Gasteiger partial charge in [-0.15, -0.1) is 11.3 Å². The lowest BCUT2D eigenvalue weighted by atomic mass is 10.3. The summed E-state index contributed by atoms with van der Waals surface area (Å²) in [7, 11) is 0. The van der Waals surface area contributed by atoms with E-state index in [1.165, 1.54) is 14.4 Å². The molecule has 2 aromatic heterocycles. The van der Waals surface area contributed by atoms with Crippen LogP contribution in [0.15, 0.2) is 23.1 Å². The van der Waals surface area contributed by atoms with Gasteiger partial charge in [-0.2, -0.15) is 5.10 Å². The lowest BCUT2D eigenvalue weighted by Crippen LogP contribution is -2.25. The van der Waals surface area contributed by atoms with Crippen molar-refractivity contribution in [3.8, 4) is 0 Å². The highest BCUT2D eigenvalue weighted by Crippen LogP contribution is 2.21. The van der Waals surface area contributed by atoms with Crippen LogP contribution >= 0.6 is 22.9 Å². The van der Waals surface area contributed by atoms with Gasteiger partial charge in [0.25, 0.3) is 5.56 Å². The van der Waals surface area contributed by atoms with Gasteiger partial charge >= 0.3 is 0 Å². The van der Waals surface area contributed by atoms with E-state index < -0.39 is 0 Å². The maximum Gasteiger partial charge on any atom is 0.287 e. The van der Waals surface area contributed by atoms with E-state index >= 15 is 0 Å². The zero-order valence-electron chi connectivity index (χ0n) is 11.8. The zero-order chi connectivity index (χ0) is 14.7. The number of rotatable bonds is 5. The average Bonchev–Trinajstić information content (AvgIpc) is 2.88. The molecule has 0 amide bonds. The van der Waals surface area contributed by atoms with E-state index in [0.717, 1.165) is 6.42 Å². The third-order valence-corrected chi connectivity index (χ3v) is 4.55. The highest BCUT2D eigenvalue weighted by Gasteiger charge is 2.11. The largest absolute Gasteiger partial charge is 0.377 e. The van der Waals surface area contributed by atoms with Gasteiger partial charge in [0.1, 0.15) is 5.02 Å². The van der Waals surface area contributed by atoms with Crippen LogP contribution in [0.3, 0.4) is 0 Å². The molecule has 0 bridgehead atoms. The second kappa shape index (κ2) is 6.41. The van der Waals surface area contributed by atoms with E-state index in [1.54, 1.807) is 17.5 Å². The van der Waals surface area contributed by atoms with Crippen LogP contribution in [-0.4, -0.2) is 9.78 Å². The first kappa shape index (κ1) is 15.1. The first-order valence-corrected chi connectivity index (χ1v) is 7.81. The van der Waals surface area contributed by atoms with E-state index in [-0.39, 0.29) is 16.6 Å². The van der Waals surface area contributed by atoms with Crippen LogP contribution in [0, 0.1) is 0 Å². The van der Waals surface area contributed by atoms with Crippen LogP contribution in [0.5, 0.6) is 0 Å². The number of aromatic nitrogens is 2. The maximum absolute atomic E-state index is 12.0. The lowest BCUT2D eigenvalue weighted by Gasteiger charge is -2.11. The molecule has 6 heteroatoms. The Labute approximate surface area is 127 Å². The second-order valence-corrected chi connectivity index (χ2v) is 6.42. The summed E-state index contributed by atoms with van der Waals surface area (Å²) in [5.74, 6) is 0. The van der Waals surface area contributed by atoms with Gasteiger partial charge in [0, 0.05) is 16.3 Å². The summed E-state index contributed by atoms with van der Waals surface area (Å²) >= 11 is 7.87. The normalized spacial score (nSPS) is 11.1. The minimum atomic E-state index is -0.257. The molecular formula is C14H18ClN3OS. The van der Waals surface area contributed by atoms with Gasteiger partial charge in [-0.1, -0.05) is 18.5 Å². The van der Waals surface area contributed by atoms with E-state index in [0.29, 0.717) is 12.2 Å². The van der Waals surface area contributed by atoms with Gasteiger partial charge in [0.05, 0.1) is 17.9 Å². The Morgan fingerprint density at radius 2 is 2.10 bits per heavy atom. The first-order chi connectivity index (χ1) is 9.52. The van der Waals surface area contributed by atoms with Crippen molar-refractivity contribution in [1.29, 1.82) is 0 Å². The van der Waals surface area contributed by atoms with Crippen molar-refractivity contribution in [1.82, 2.24) is 9.78 Å². The summed E-state index contributed by atoms with van der Waals surface area (Å²) in [6.45, 7) is 6.58. The molecule has 0 atom stereocenters. The Morgan fingerprint density at radius 1 is 1.40 bits per heavy atom. The van der Waals surface area contributed by atoms with Crippen LogP contribution in [0.2, 0.25) is 5.02 Å². The molecule has 0 saturated carbocycles. The molecule has 1 N–H and O–H groups in total. The molecule has 0 fully saturated rings. The predicted octanol–water partition coefficient (Wildman–Crippen LogP) is 3.71. The molecule has 0 unspecified atom stereocenters. The maximum atomic E-state index is 12.0. The van der Waals surface area contributed by atoms with Gasteiger partial charge in [0.15, 0.2) is 0 Å². The van der Waals surface area contributed by atoms with Crippen molar-refractivity contribution in [2.75, 3.05) is 5.32 Å². The van der Waals surface area contributed by atoms with E-state index in [1.807, 2.05) is 13.8 Å². The number of anilines is 1. The minimum absolute atomic E-state index is 0.00143. The van der Waals surface area contributed by atoms with Crippen molar-refractivity contribution < 1.29 is 0 Å². The Kier molecular flexibility index (Phi) is 4.83. The van der Waals surface area contributed by atoms with Crippen LogP contribution in [-0.2, 0) is 13.0 Å². The molecular weight excluding hydrogens is 294 g/mol. The SMILES string of the molecule is CCc1ccc(CNc2cnn(C(C)C)c(=O)c2Cl)s1. The number of hydrogen-bond donors (Lipinski definition) is 1. The van der Waals surface area contributed by atoms with Crippen LogP contribution in [0.25, 0.3) is 0 Å². The van der Waals surface area contributed by atoms with E-state index in [9.17, 15) is 4.79 Å². The number of aryl methyl sites for hydroxylation is 1. The molecule has 20 heavy (non-hydrogen) atoms. The topological polar surface area (TPSA) is 46.9 Å². The van der Waals surface area contributed by atoms with Crippen LogP contribution in [0.1, 0.15) is 36.6 Å². The van der Waals surface area contributed by atoms with Gasteiger partial charge in [0.2, 0.25) is 0 Å². The molecule has 2 heterocycles. The predicted molar refractivity (Wildman–Crippen MR) is 84.9 cm³/mol. The molecule has 108 valence electrons. The Bertz CT molecular complexity index is 648. The van der Waals surface area contributed by atoms with E-state index in [4.69, 9.17) is 11.6 Å². The molecule has 0 aliphatic carbocycles. The van der Waals surface area contributed by atoms with Crippen molar-refractivity contribution >= 4 is 28.6 Å². The molecule has 0 aromatic carbocycles. The summed E-state index contributed by atoms with van der Waals surface area (Å²) in [6, 6.07) is 4.21. The smallest absolute Gasteiger partial charge is 0.287 e. The summed E-state index contributed by atoms with van der Waals surface area (Å²) in [6.07, 6.45) is 2.65. The molecule has 2 aromatic rings. The average molecular weight is 312 g/mol. The standard InChI is InChI=1S/C14H18ClN3OS/c1-4-10-5-6-11(20-10)7-16-12-8-17-18(9(2)3)14(19)13(12)15/h5-6,8-9,16H,4,7H2,1-3H3. The lowest BCUT2D eigenvalue weighted by molar-refractivity contribution is 0.503. The molecule has 4 nitrogen and oxygen atoms in total. The summed E-state index contributed by atoms with van der Waals surface area (Å²) in [5.41, 5.74) is 0.326. The zero-order valence-corrected chi connectivity index (χ0v) is 13.4. The molecule has 0 radical (unpaired) electrons. The fraction of sp³-hybridized carbons (Fsp3) is 0.429. The fourth-order valence-electron chi connectivity index (χ4n) is 1.83. The van der Waals surface area contributed by atoms with Crippen molar-refractivity contribution in [2.45, 2.75) is 39.8 Å². The van der Waals surface area contributed by atoms with Gasteiger partial charge in [-0.05, 0) is 32.4 Å². The van der Waals surface area contributed by atoms with E-state index in [2.05, 4.69) is 29.5 Å². The second-order valence-electron chi connectivity index (χ2n) is 4.79. The fourth-order valence-corrected chi connectivity index (χ4v) is 2.93. The first-order valence-electron chi connectivity index (χ1n) is 6.61. The molecule has 0 aliphatic heterocycles. The summed E-state index contributed by atoms with van der Waals surface area (Å²) < 4.78 is 1.38. The highest BCUT2D eigenvalue weighted by molar-refractivity contribution is 7.12. The summed E-state index contributed by atoms with van der Waals surface area (Å²) in [4.78, 5) is 14.6. The molecule has 0 saturated heterocycles. The van der Waals surface area contributed by atoms with Gasteiger partial charge in [-0.25, -0.2) is 4.68 Å². The van der Waals surface area contributed by atoms with Crippen molar-refractivity contribution in [2.24, 2.45) is 0 Å². The van der Waals surface area contributed by atoms with Crippen molar-refractivity contribution in [3.05, 3.63) is 43.5 Å². The Balaban J connectivity index is 2.14. The number of nitrogens with one attached hydrogen (secondary N) is 1. The van der Waals surface area contributed by atoms with Crippen LogP contribution in [0.4, 0.5) is 5.69 Å². The van der Waals surface area contributed by atoms with Crippen molar-refractivity contribution in [3.63, 3.8) is 0 Å². The Morgan fingerprint density at radius 3 is 2.70 bits per heavy atom. The van der Waals surface area contributed by atoms with Crippen LogP contribution < -0.4 is 10.9 Å². The number of halogens is 1. The molecule has 0 spiro atoms. The van der Waals surface area contributed by atoms with Gasteiger partial charge in [-0.3, -0.25) is 4.79 Å². The molecule has 0 aliphatic rings. The number of thiophene rings is 1. The minimum Gasteiger partial charge on any atom is -0.377 e. The highest BCUT2D eigenvalue weighted by atomic mass is 35.5. The monoisotopic (exact) mass is 311 g/mol. The summed E-state index contributed by atoms with van der Waals surface area (Å²) in [5, 5.41) is 7.50. The number of nitrogens with zero attached hydrogens (tertiary/aromatic N) is 2. The van der Waals surface area contributed by atoms with Gasteiger partial charge < -0.3 is 5.32 Å².